The Morgan fingerprint density at radius 2 is 1.38 bits per heavy atom. The van der Waals surface area contributed by atoms with Gasteiger partial charge in [-0.1, -0.05) is 6.07 Å². The molecule has 0 N–H and O–H groups in total. The highest BCUT2D eigenvalue weighted by Gasteiger charge is 2.31. The van der Waals surface area contributed by atoms with Crippen molar-refractivity contribution in [1.82, 2.24) is 0 Å². The third-order valence-electron chi connectivity index (χ3n) is 5.74. The van der Waals surface area contributed by atoms with Crippen molar-refractivity contribution in [2.24, 2.45) is 0 Å². The van der Waals surface area contributed by atoms with Gasteiger partial charge in [0, 0.05) is 0 Å². The fourth-order valence-electron chi connectivity index (χ4n) is 4.02. The van der Waals surface area contributed by atoms with Crippen LogP contribution in [0.2, 0.25) is 0 Å². The van der Waals surface area contributed by atoms with Crippen LogP contribution < -0.4 is 4.74 Å². The van der Waals surface area contributed by atoms with Gasteiger partial charge in [-0.15, -0.1) is 0 Å². The van der Waals surface area contributed by atoms with Crippen LogP contribution in [0.5, 0.6) is 5.75 Å². The Kier molecular flexibility index (Phi) is 4.03. The van der Waals surface area contributed by atoms with Crippen LogP contribution in [0.4, 0.5) is 0 Å². The van der Waals surface area contributed by atoms with Crippen LogP contribution in [0.3, 0.4) is 0 Å². The Hall–Kier alpha value is -2.09. The first kappa shape index (κ1) is 16.8. The van der Waals surface area contributed by atoms with E-state index >= 15 is 0 Å². The van der Waals surface area contributed by atoms with E-state index in [1.54, 1.807) is 0 Å². The van der Waals surface area contributed by atoms with Crippen molar-refractivity contribution >= 4 is 5.78 Å². The van der Waals surface area contributed by atoms with Gasteiger partial charge < -0.3 is 4.74 Å². The van der Waals surface area contributed by atoms with E-state index < -0.39 is 0 Å². The summed E-state index contributed by atoms with van der Waals surface area (Å²) < 4.78 is 6.34. The molecule has 0 fully saturated rings. The van der Waals surface area contributed by atoms with Gasteiger partial charge in [-0.05, 0) is 99.0 Å². The minimum Gasteiger partial charge on any atom is -0.484 e. The van der Waals surface area contributed by atoms with Gasteiger partial charge in [0.2, 0.25) is 0 Å². The van der Waals surface area contributed by atoms with Crippen molar-refractivity contribution in [1.29, 1.82) is 0 Å². The van der Waals surface area contributed by atoms with E-state index in [-0.39, 0.29) is 11.9 Å². The fraction of sp³-hybridized carbons (Fsp3) is 0.409. The molecule has 2 nitrogen and oxygen atoms in total. The van der Waals surface area contributed by atoms with Gasteiger partial charge in [-0.2, -0.15) is 0 Å². The van der Waals surface area contributed by atoms with Crippen LogP contribution in [0.25, 0.3) is 0 Å². The predicted octanol–water partition coefficient (Wildman–Crippen LogP) is 5.55. The van der Waals surface area contributed by atoms with Gasteiger partial charge in [0.1, 0.15) is 11.9 Å². The number of ketones is 1. The molecule has 2 aromatic rings. The maximum Gasteiger partial charge on any atom is 0.170 e. The summed E-state index contributed by atoms with van der Waals surface area (Å²) in [5, 5.41) is 0. The fourth-order valence-corrected chi connectivity index (χ4v) is 4.02. The molecule has 0 aromatic heterocycles. The minimum atomic E-state index is -0.191. The average molecular weight is 322 g/mol. The van der Waals surface area contributed by atoms with Gasteiger partial charge in [0.05, 0.1) is 12.0 Å². The molecule has 126 valence electrons. The smallest absolute Gasteiger partial charge is 0.170 e. The molecule has 0 aliphatic carbocycles. The van der Waals surface area contributed by atoms with Crippen LogP contribution in [-0.4, -0.2) is 5.78 Å². The first-order chi connectivity index (χ1) is 11.2. The summed E-state index contributed by atoms with van der Waals surface area (Å²) >= 11 is 0. The highest BCUT2D eigenvalue weighted by atomic mass is 16.5. The van der Waals surface area contributed by atoms with Crippen molar-refractivity contribution in [2.45, 2.75) is 61.0 Å². The molecular formula is C22H26O2. The second-order valence-corrected chi connectivity index (χ2v) is 7.23. The number of Topliss-reactive ketones (excluding diaryl/α,β-unsaturated/α-hetero) is 1. The molecule has 2 aromatic carbocycles. The molecule has 0 bridgehead atoms. The Labute approximate surface area is 144 Å². The molecule has 0 radical (unpaired) electrons. The quantitative estimate of drug-likeness (QED) is 0.688. The lowest BCUT2D eigenvalue weighted by Crippen LogP contribution is -2.23. The van der Waals surface area contributed by atoms with Crippen LogP contribution in [0, 0.1) is 48.5 Å². The van der Waals surface area contributed by atoms with Gasteiger partial charge >= 0.3 is 0 Å². The first-order valence-electron chi connectivity index (χ1n) is 8.60. The number of carbonyl (C=O) groups is 1. The number of hydrogen-bond acceptors (Lipinski definition) is 2. The lowest BCUT2D eigenvalue weighted by atomic mass is 9.84. The highest BCUT2D eigenvalue weighted by Crippen LogP contribution is 2.41. The molecule has 0 spiro atoms. The first-order valence-corrected chi connectivity index (χ1v) is 8.60. The van der Waals surface area contributed by atoms with Crippen LogP contribution in [0.1, 0.15) is 67.4 Å². The van der Waals surface area contributed by atoms with E-state index in [1.807, 2.05) is 19.9 Å². The molecule has 0 saturated heterocycles. The maximum atomic E-state index is 12.8. The Morgan fingerprint density at radius 1 is 0.833 bits per heavy atom. The monoisotopic (exact) mass is 322 g/mol. The molecule has 1 aliphatic rings. The van der Waals surface area contributed by atoms with E-state index in [2.05, 4.69) is 40.7 Å². The van der Waals surface area contributed by atoms with Crippen molar-refractivity contribution in [3.8, 4) is 5.75 Å². The molecule has 1 unspecified atom stereocenters. The molecule has 0 amide bonds. The third-order valence-corrected chi connectivity index (χ3v) is 5.74. The second-order valence-electron chi connectivity index (χ2n) is 7.23. The second kappa shape index (κ2) is 5.77. The minimum absolute atomic E-state index is 0.188. The van der Waals surface area contributed by atoms with Crippen molar-refractivity contribution < 1.29 is 9.53 Å². The zero-order valence-corrected chi connectivity index (χ0v) is 15.8. The summed E-state index contributed by atoms with van der Waals surface area (Å²) in [6.45, 7) is 14.8. The number of hydrogen-bond donors (Lipinski definition) is 0. The summed E-state index contributed by atoms with van der Waals surface area (Å²) in [6, 6.07) is 4.04. The summed E-state index contributed by atoms with van der Waals surface area (Å²) in [5.41, 5.74) is 10.5. The number of aryl methyl sites for hydroxylation is 2. The molecule has 0 saturated carbocycles. The van der Waals surface area contributed by atoms with Crippen LogP contribution in [0.15, 0.2) is 12.1 Å². The topological polar surface area (TPSA) is 26.3 Å². The van der Waals surface area contributed by atoms with Crippen LogP contribution >= 0.6 is 0 Å². The van der Waals surface area contributed by atoms with Crippen LogP contribution in [-0.2, 0) is 0 Å². The van der Waals surface area contributed by atoms with Gasteiger partial charge in [-0.25, -0.2) is 0 Å². The summed E-state index contributed by atoms with van der Waals surface area (Å²) in [7, 11) is 0. The van der Waals surface area contributed by atoms with Crippen molar-refractivity contribution in [3.05, 3.63) is 62.2 Å². The Morgan fingerprint density at radius 3 is 1.96 bits per heavy atom. The summed E-state index contributed by atoms with van der Waals surface area (Å²) in [5.74, 6) is 0.928. The normalized spacial score (nSPS) is 16.8. The highest BCUT2D eigenvalue weighted by molar-refractivity contribution is 6.01. The summed E-state index contributed by atoms with van der Waals surface area (Å²) in [6.07, 6.45) is 0.227. The van der Waals surface area contributed by atoms with E-state index in [0.717, 1.165) is 22.4 Å². The summed E-state index contributed by atoms with van der Waals surface area (Å²) in [4.78, 5) is 12.8. The van der Waals surface area contributed by atoms with Crippen molar-refractivity contribution in [3.63, 3.8) is 0 Å². The lowest BCUT2D eigenvalue weighted by Gasteiger charge is -2.30. The van der Waals surface area contributed by atoms with E-state index in [9.17, 15) is 4.79 Å². The van der Waals surface area contributed by atoms with Gasteiger partial charge in [-0.3, -0.25) is 4.79 Å². The van der Waals surface area contributed by atoms with Crippen molar-refractivity contribution in [2.75, 3.05) is 0 Å². The zero-order chi connectivity index (χ0) is 17.8. The number of carbonyl (C=O) groups excluding carboxylic acids is 1. The SMILES string of the molecule is Cc1cc(C)c2c(c1)OC(c1c(C)c(C)c(C)c(C)c1C)CC2=O. The molecular weight excluding hydrogens is 296 g/mol. The molecule has 2 heteroatoms. The van der Waals surface area contributed by atoms with Gasteiger partial charge in [0.15, 0.2) is 5.78 Å². The number of ether oxygens (including phenoxy) is 1. The van der Waals surface area contributed by atoms with Gasteiger partial charge in [0.25, 0.3) is 0 Å². The van der Waals surface area contributed by atoms with E-state index in [0.29, 0.717) is 6.42 Å². The standard InChI is InChI=1S/C22H26O2/c1-11-8-12(2)21-18(23)10-20(24-19(21)9-11)22-16(6)14(4)13(3)15(5)17(22)7/h8-9,20H,10H2,1-7H3. The molecule has 3 rings (SSSR count). The maximum absolute atomic E-state index is 12.8. The molecule has 1 atom stereocenters. The zero-order valence-electron chi connectivity index (χ0n) is 15.8. The number of fused-ring (bicyclic) bond motifs is 1. The molecule has 24 heavy (non-hydrogen) atoms. The Bertz CT molecular complexity index is 830. The van der Waals surface area contributed by atoms with E-state index in [4.69, 9.17) is 4.74 Å². The number of rotatable bonds is 1. The number of benzene rings is 2. The van der Waals surface area contributed by atoms with E-state index in [1.165, 1.54) is 33.4 Å². The Balaban J connectivity index is 2.15. The third kappa shape index (κ3) is 2.45. The largest absolute Gasteiger partial charge is 0.484 e. The molecule has 1 aliphatic heterocycles. The average Bonchev–Trinajstić information content (AvgIpc) is 2.50. The predicted molar refractivity (Wildman–Crippen MR) is 98.4 cm³/mol. The lowest BCUT2D eigenvalue weighted by molar-refractivity contribution is 0.0847. The molecule has 1 heterocycles.